The highest BCUT2D eigenvalue weighted by Crippen LogP contribution is 2.35. The lowest BCUT2D eigenvalue weighted by atomic mass is 9.99. The Bertz CT molecular complexity index is 829. The number of carbonyl (C=O) groups excluding carboxylic acids is 4. The van der Waals surface area contributed by atoms with Crippen LogP contribution in [0.1, 0.15) is 54.8 Å². The van der Waals surface area contributed by atoms with E-state index in [2.05, 4.69) is 0 Å². The van der Waals surface area contributed by atoms with Crippen molar-refractivity contribution in [2.45, 2.75) is 51.4 Å². The molecular weight excluding hydrogens is 371 g/mol. The standard InChI is InChI=1S/C19H21FN2O6/c1-18(2,3)27-17(26)21-10-11(20)9-19(21,4)16(25)28-22-14(23)12-7-5-6-8-13(12)15(22)24/h5-8,11H,9-10H2,1-4H3/t11-,19-/m0/s1. The molecule has 1 aromatic carbocycles. The Hall–Kier alpha value is -2.97. The number of benzene rings is 1. The number of likely N-dealkylation sites (tertiary alicyclic amines) is 1. The maximum Gasteiger partial charge on any atom is 0.411 e. The Morgan fingerprint density at radius 3 is 2.18 bits per heavy atom. The number of halogens is 1. The second-order valence-corrected chi connectivity index (χ2v) is 8.00. The Labute approximate surface area is 161 Å². The number of rotatable bonds is 2. The summed E-state index contributed by atoms with van der Waals surface area (Å²) in [5.41, 5.74) is -2.37. The van der Waals surface area contributed by atoms with E-state index < -0.39 is 41.2 Å². The van der Waals surface area contributed by atoms with Gasteiger partial charge in [0.2, 0.25) is 0 Å². The van der Waals surface area contributed by atoms with Crippen molar-refractivity contribution in [3.8, 4) is 0 Å². The minimum Gasteiger partial charge on any atom is -0.444 e. The lowest BCUT2D eigenvalue weighted by molar-refractivity contribution is -0.180. The van der Waals surface area contributed by atoms with Gasteiger partial charge >= 0.3 is 12.1 Å². The zero-order valence-electron chi connectivity index (χ0n) is 16.0. The van der Waals surface area contributed by atoms with E-state index in [1.165, 1.54) is 19.1 Å². The van der Waals surface area contributed by atoms with Gasteiger partial charge in [0.15, 0.2) is 0 Å². The van der Waals surface area contributed by atoms with E-state index in [9.17, 15) is 23.6 Å². The van der Waals surface area contributed by atoms with Crippen molar-refractivity contribution in [1.29, 1.82) is 0 Å². The predicted molar refractivity (Wildman–Crippen MR) is 93.9 cm³/mol. The van der Waals surface area contributed by atoms with Crippen molar-refractivity contribution in [3.05, 3.63) is 35.4 Å². The van der Waals surface area contributed by atoms with Crippen molar-refractivity contribution in [2.75, 3.05) is 6.54 Å². The zero-order valence-corrected chi connectivity index (χ0v) is 16.0. The topological polar surface area (TPSA) is 93.2 Å². The Morgan fingerprint density at radius 2 is 1.68 bits per heavy atom. The van der Waals surface area contributed by atoms with E-state index in [1.54, 1.807) is 32.9 Å². The van der Waals surface area contributed by atoms with E-state index in [4.69, 9.17) is 9.57 Å². The van der Waals surface area contributed by atoms with Crippen molar-refractivity contribution in [2.24, 2.45) is 0 Å². The first-order valence-electron chi connectivity index (χ1n) is 8.79. The molecule has 9 heteroatoms. The number of alkyl halides is 1. The van der Waals surface area contributed by atoms with Gasteiger partial charge in [-0.05, 0) is 39.8 Å². The van der Waals surface area contributed by atoms with Gasteiger partial charge in [0.25, 0.3) is 11.8 Å². The van der Waals surface area contributed by atoms with Gasteiger partial charge in [0.1, 0.15) is 17.3 Å². The maximum absolute atomic E-state index is 14.1. The van der Waals surface area contributed by atoms with Crippen molar-refractivity contribution in [3.63, 3.8) is 0 Å². The Morgan fingerprint density at radius 1 is 1.14 bits per heavy atom. The third kappa shape index (κ3) is 3.32. The van der Waals surface area contributed by atoms with Crippen molar-refractivity contribution in [1.82, 2.24) is 9.96 Å². The molecule has 2 atom stereocenters. The second-order valence-electron chi connectivity index (χ2n) is 8.00. The summed E-state index contributed by atoms with van der Waals surface area (Å²) >= 11 is 0. The number of ether oxygens (including phenoxy) is 1. The van der Waals surface area contributed by atoms with E-state index in [1.807, 2.05) is 0 Å². The number of fused-ring (bicyclic) bond motifs is 1. The van der Waals surface area contributed by atoms with Crippen LogP contribution < -0.4 is 0 Å². The van der Waals surface area contributed by atoms with E-state index in [0.29, 0.717) is 5.06 Å². The van der Waals surface area contributed by atoms with Crippen LogP contribution in [0, 0.1) is 0 Å². The summed E-state index contributed by atoms with van der Waals surface area (Å²) in [6.45, 7) is 5.88. The fourth-order valence-electron chi connectivity index (χ4n) is 3.22. The van der Waals surface area contributed by atoms with Crippen LogP contribution in [0.15, 0.2) is 24.3 Å². The van der Waals surface area contributed by atoms with Gasteiger partial charge < -0.3 is 9.57 Å². The third-order valence-electron chi connectivity index (χ3n) is 4.58. The molecule has 0 radical (unpaired) electrons. The largest absolute Gasteiger partial charge is 0.444 e. The number of amides is 3. The molecule has 150 valence electrons. The van der Waals surface area contributed by atoms with Gasteiger partial charge in [-0.25, -0.2) is 14.0 Å². The summed E-state index contributed by atoms with van der Waals surface area (Å²) in [5.74, 6) is -2.68. The van der Waals surface area contributed by atoms with Gasteiger partial charge in [0, 0.05) is 6.42 Å². The van der Waals surface area contributed by atoms with Crippen LogP contribution in [-0.4, -0.2) is 57.7 Å². The predicted octanol–water partition coefficient (Wildman–Crippen LogP) is 2.48. The van der Waals surface area contributed by atoms with E-state index in [0.717, 1.165) is 4.90 Å². The molecule has 0 bridgehead atoms. The minimum absolute atomic E-state index is 0.101. The monoisotopic (exact) mass is 392 g/mol. The van der Waals surface area contributed by atoms with Crippen molar-refractivity contribution < 1.29 is 33.1 Å². The smallest absolute Gasteiger partial charge is 0.411 e. The van der Waals surface area contributed by atoms with Gasteiger partial charge in [-0.15, -0.1) is 0 Å². The molecule has 2 aliphatic heterocycles. The lowest BCUT2D eigenvalue weighted by Gasteiger charge is -2.34. The summed E-state index contributed by atoms with van der Waals surface area (Å²) in [6, 6.07) is 6.02. The highest BCUT2D eigenvalue weighted by atomic mass is 19.1. The van der Waals surface area contributed by atoms with Crippen LogP contribution in [0.2, 0.25) is 0 Å². The highest BCUT2D eigenvalue weighted by Gasteiger charge is 2.54. The summed E-state index contributed by atoms with van der Waals surface area (Å²) in [4.78, 5) is 56.0. The highest BCUT2D eigenvalue weighted by molar-refractivity contribution is 6.21. The molecule has 8 nitrogen and oxygen atoms in total. The molecule has 0 aromatic heterocycles. The van der Waals surface area contributed by atoms with Crippen LogP contribution in [0.4, 0.5) is 9.18 Å². The van der Waals surface area contributed by atoms with Crippen LogP contribution in [0.5, 0.6) is 0 Å². The van der Waals surface area contributed by atoms with Crippen LogP contribution in [-0.2, 0) is 14.4 Å². The van der Waals surface area contributed by atoms with Gasteiger partial charge in [-0.3, -0.25) is 14.5 Å². The molecule has 0 saturated carbocycles. The molecule has 1 saturated heterocycles. The first-order valence-corrected chi connectivity index (χ1v) is 8.79. The fraction of sp³-hybridized carbons (Fsp3) is 0.474. The molecule has 0 N–H and O–H groups in total. The molecule has 3 amide bonds. The maximum atomic E-state index is 14.1. The summed E-state index contributed by atoms with van der Waals surface area (Å²) in [6.07, 6.45) is -2.70. The quantitative estimate of drug-likeness (QED) is 0.718. The van der Waals surface area contributed by atoms with Gasteiger partial charge in [0.05, 0.1) is 17.7 Å². The Kier molecular flexibility index (Phi) is 4.64. The normalized spacial score (nSPS) is 24.4. The van der Waals surface area contributed by atoms with E-state index in [-0.39, 0.29) is 24.1 Å². The van der Waals surface area contributed by atoms with Crippen LogP contribution in [0.25, 0.3) is 0 Å². The fourth-order valence-corrected chi connectivity index (χ4v) is 3.22. The first kappa shape index (κ1) is 19.8. The number of hydrogen-bond acceptors (Lipinski definition) is 6. The lowest BCUT2D eigenvalue weighted by Crippen LogP contribution is -2.54. The number of nitrogens with zero attached hydrogens (tertiary/aromatic N) is 2. The minimum atomic E-state index is -1.73. The molecule has 2 aliphatic rings. The number of hydrogen-bond donors (Lipinski definition) is 0. The SMILES string of the molecule is CC(C)(C)OC(=O)N1C[C@@H](F)C[C@@]1(C)C(=O)ON1C(=O)c2ccccc2C1=O. The molecule has 1 fully saturated rings. The van der Waals surface area contributed by atoms with Gasteiger partial charge in [-0.1, -0.05) is 17.2 Å². The molecule has 1 aromatic rings. The van der Waals surface area contributed by atoms with Crippen molar-refractivity contribution >= 4 is 23.9 Å². The third-order valence-corrected chi connectivity index (χ3v) is 4.58. The average molecular weight is 392 g/mol. The summed E-state index contributed by atoms with van der Waals surface area (Å²) < 4.78 is 19.3. The van der Waals surface area contributed by atoms with Crippen LogP contribution in [0.3, 0.4) is 0 Å². The summed E-state index contributed by atoms with van der Waals surface area (Å²) in [5, 5.41) is 0.344. The van der Waals surface area contributed by atoms with Gasteiger partial charge in [-0.2, -0.15) is 0 Å². The molecule has 3 rings (SSSR count). The number of imide groups is 1. The first-order chi connectivity index (χ1) is 12.9. The second kappa shape index (κ2) is 6.57. The molecule has 0 spiro atoms. The molecule has 2 heterocycles. The van der Waals surface area contributed by atoms with E-state index >= 15 is 0 Å². The number of hydroxylamine groups is 2. The molecule has 0 unspecified atom stereocenters. The van der Waals surface area contributed by atoms with Crippen LogP contribution >= 0.6 is 0 Å². The zero-order chi connectivity index (χ0) is 20.9. The average Bonchev–Trinajstić information content (AvgIpc) is 3.03. The molecular formula is C19H21FN2O6. The Balaban J connectivity index is 1.82. The summed E-state index contributed by atoms with van der Waals surface area (Å²) in [7, 11) is 0. The molecule has 28 heavy (non-hydrogen) atoms. The molecule has 0 aliphatic carbocycles. The number of carbonyl (C=O) groups is 4.